The molecule has 0 amide bonds. The maximum Gasteiger partial charge on any atom is 0.272 e. The van der Waals surface area contributed by atoms with E-state index >= 15 is 0 Å². The Balaban J connectivity index is 3.34. The van der Waals surface area contributed by atoms with E-state index in [9.17, 15) is 10.1 Å². The van der Waals surface area contributed by atoms with Crippen molar-refractivity contribution in [2.75, 3.05) is 0 Å². The number of nitrogens with zero attached hydrogens (tertiary/aromatic N) is 1. The second-order valence-electron chi connectivity index (χ2n) is 4.95. The summed E-state index contributed by atoms with van der Waals surface area (Å²) in [6, 6.07) is 5.12. The molecule has 0 aliphatic carbocycles. The zero-order chi connectivity index (χ0) is 13.2. The van der Waals surface area contributed by atoms with Crippen LogP contribution < -0.4 is 5.73 Å². The molecule has 0 aliphatic rings. The maximum absolute atomic E-state index is 11.0. The summed E-state index contributed by atoms with van der Waals surface area (Å²) in [7, 11) is 0. The van der Waals surface area contributed by atoms with Crippen LogP contribution in [0.2, 0.25) is 0 Å². The number of hydrogen-bond acceptors (Lipinski definition) is 3. The van der Waals surface area contributed by atoms with E-state index in [-0.39, 0.29) is 28.5 Å². The van der Waals surface area contributed by atoms with Crippen LogP contribution in [0.1, 0.15) is 37.8 Å². The molecular weight excluding hydrogens is 216 g/mol. The Bertz CT molecular complexity index is 406. The topological polar surface area (TPSA) is 69.2 Å². The molecule has 0 radical (unpaired) electrons. The highest BCUT2D eigenvalue weighted by atomic mass is 16.6. The Morgan fingerprint density at radius 2 is 1.88 bits per heavy atom. The lowest BCUT2D eigenvalue weighted by atomic mass is 9.82. The third kappa shape index (κ3) is 3.03. The third-order valence-corrected chi connectivity index (χ3v) is 3.02. The van der Waals surface area contributed by atoms with Gasteiger partial charge in [0.15, 0.2) is 0 Å². The van der Waals surface area contributed by atoms with Crippen LogP contribution in [-0.2, 0) is 0 Å². The van der Waals surface area contributed by atoms with Crippen LogP contribution in [0.25, 0.3) is 0 Å². The number of aryl methyl sites for hydroxylation is 1. The molecule has 4 heteroatoms. The highest BCUT2D eigenvalue weighted by molar-refractivity contribution is 5.45. The molecule has 0 aliphatic heterocycles. The van der Waals surface area contributed by atoms with Crippen LogP contribution in [0, 0.1) is 23.0 Å². The van der Waals surface area contributed by atoms with Crippen LogP contribution in [0.3, 0.4) is 0 Å². The van der Waals surface area contributed by atoms with E-state index in [0.717, 1.165) is 11.1 Å². The first-order chi connectivity index (χ1) is 7.84. The molecule has 0 fully saturated rings. The first-order valence-electron chi connectivity index (χ1n) is 5.85. The van der Waals surface area contributed by atoms with E-state index in [0.29, 0.717) is 0 Å². The maximum atomic E-state index is 11.0. The lowest BCUT2D eigenvalue weighted by Crippen LogP contribution is -2.29. The van der Waals surface area contributed by atoms with E-state index in [2.05, 4.69) is 0 Å². The summed E-state index contributed by atoms with van der Waals surface area (Å²) in [6.45, 7) is 7.92. The monoisotopic (exact) mass is 236 g/mol. The minimum absolute atomic E-state index is 0.00954. The SMILES string of the molecule is Cc1ccc([N+](=O)[O-])c(C(C(C)C)C(C)N)c1. The van der Waals surface area contributed by atoms with Crippen molar-refractivity contribution in [2.24, 2.45) is 11.7 Å². The average Bonchev–Trinajstić information content (AvgIpc) is 2.15. The van der Waals surface area contributed by atoms with Gasteiger partial charge in [-0.05, 0) is 25.8 Å². The molecule has 0 bridgehead atoms. The van der Waals surface area contributed by atoms with Gasteiger partial charge in [-0.15, -0.1) is 0 Å². The summed E-state index contributed by atoms with van der Waals surface area (Å²) in [5, 5.41) is 11.0. The molecule has 0 heterocycles. The number of nitro benzene ring substituents is 1. The van der Waals surface area contributed by atoms with Gasteiger partial charge in [0.1, 0.15) is 0 Å². The Morgan fingerprint density at radius 1 is 1.29 bits per heavy atom. The normalized spacial score (nSPS) is 14.7. The molecule has 94 valence electrons. The Kier molecular flexibility index (Phi) is 4.23. The van der Waals surface area contributed by atoms with Crippen molar-refractivity contribution < 1.29 is 4.92 Å². The predicted octanol–water partition coefficient (Wildman–Crippen LogP) is 2.99. The summed E-state index contributed by atoms with van der Waals surface area (Å²) in [4.78, 5) is 10.7. The molecule has 0 saturated carbocycles. The largest absolute Gasteiger partial charge is 0.327 e. The fraction of sp³-hybridized carbons (Fsp3) is 0.538. The van der Waals surface area contributed by atoms with E-state index in [1.54, 1.807) is 12.1 Å². The van der Waals surface area contributed by atoms with Gasteiger partial charge in [-0.25, -0.2) is 0 Å². The van der Waals surface area contributed by atoms with Crippen LogP contribution in [0.15, 0.2) is 18.2 Å². The minimum Gasteiger partial charge on any atom is -0.327 e. The van der Waals surface area contributed by atoms with Crippen molar-refractivity contribution in [3.63, 3.8) is 0 Å². The quantitative estimate of drug-likeness (QED) is 0.645. The van der Waals surface area contributed by atoms with Gasteiger partial charge < -0.3 is 5.73 Å². The summed E-state index contributed by atoms with van der Waals surface area (Å²) >= 11 is 0. The van der Waals surface area contributed by atoms with E-state index in [4.69, 9.17) is 5.73 Å². The van der Waals surface area contributed by atoms with Crippen LogP contribution in [0.4, 0.5) is 5.69 Å². The van der Waals surface area contributed by atoms with Gasteiger partial charge in [-0.2, -0.15) is 0 Å². The zero-order valence-electron chi connectivity index (χ0n) is 10.8. The standard InChI is InChI=1S/C13H20N2O2/c1-8(2)13(10(4)14)11-7-9(3)5-6-12(11)15(16)17/h5-8,10,13H,14H2,1-4H3. The zero-order valence-corrected chi connectivity index (χ0v) is 10.8. The average molecular weight is 236 g/mol. The Labute approximate surface area is 102 Å². The van der Waals surface area contributed by atoms with Gasteiger partial charge in [-0.3, -0.25) is 10.1 Å². The molecule has 2 unspecified atom stereocenters. The highest BCUT2D eigenvalue weighted by Crippen LogP contribution is 2.34. The molecule has 0 saturated heterocycles. The van der Waals surface area contributed by atoms with Crippen LogP contribution >= 0.6 is 0 Å². The molecule has 0 aromatic heterocycles. The summed E-state index contributed by atoms with van der Waals surface area (Å²) in [5.74, 6) is 0.283. The fourth-order valence-corrected chi connectivity index (χ4v) is 2.36. The second-order valence-corrected chi connectivity index (χ2v) is 4.95. The molecule has 1 aromatic rings. The number of rotatable bonds is 4. The highest BCUT2D eigenvalue weighted by Gasteiger charge is 2.27. The lowest BCUT2D eigenvalue weighted by molar-refractivity contribution is -0.385. The Morgan fingerprint density at radius 3 is 2.29 bits per heavy atom. The lowest BCUT2D eigenvalue weighted by Gasteiger charge is -2.25. The molecule has 0 spiro atoms. The minimum atomic E-state index is -0.327. The summed E-state index contributed by atoms with van der Waals surface area (Å²) < 4.78 is 0. The summed E-state index contributed by atoms with van der Waals surface area (Å²) in [5.41, 5.74) is 7.91. The van der Waals surface area contributed by atoms with Crippen molar-refractivity contribution in [1.82, 2.24) is 0 Å². The second kappa shape index (κ2) is 5.27. The molecule has 17 heavy (non-hydrogen) atoms. The van der Waals surface area contributed by atoms with Gasteiger partial charge in [0.25, 0.3) is 5.69 Å². The predicted molar refractivity (Wildman–Crippen MR) is 69.1 cm³/mol. The smallest absolute Gasteiger partial charge is 0.272 e. The van der Waals surface area contributed by atoms with Crippen molar-refractivity contribution >= 4 is 5.69 Å². The number of hydrogen-bond donors (Lipinski definition) is 1. The van der Waals surface area contributed by atoms with Gasteiger partial charge in [0, 0.05) is 23.6 Å². The van der Waals surface area contributed by atoms with E-state index in [1.165, 1.54) is 0 Å². The van der Waals surface area contributed by atoms with Gasteiger partial charge in [-0.1, -0.05) is 25.5 Å². The van der Waals surface area contributed by atoms with Crippen molar-refractivity contribution in [1.29, 1.82) is 0 Å². The molecule has 4 nitrogen and oxygen atoms in total. The fourth-order valence-electron chi connectivity index (χ4n) is 2.36. The van der Waals surface area contributed by atoms with Crippen LogP contribution in [0.5, 0.6) is 0 Å². The number of nitro groups is 1. The van der Waals surface area contributed by atoms with E-state index in [1.807, 2.05) is 33.8 Å². The summed E-state index contributed by atoms with van der Waals surface area (Å²) in [6.07, 6.45) is 0. The van der Waals surface area contributed by atoms with Gasteiger partial charge >= 0.3 is 0 Å². The molecular formula is C13H20N2O2. The third-order valence-electron chi connectivity index (χ3n) is 3.02. The molecule has 1 aromatic carbocycles. The molecule has 1 rings (SSSR count). The van der Waals surface area contributed by atoms with Crippen molar-refractivity contribution in [2.45, 2.75) is 39.7 Å². The number of benzene rings is 1. The molecule has 2 N–H and O–H groups in total. The Hall–Kier alpha value is -1.42. The van der Waals surface area contributed by atoms with Crippen LogP contribution in [-0.4, -0.2) is 11.0 Å². The first kappa shape index (κ1) is 13.6. The van der Waals surface area contributed by atoms with Gasteiger partial charge in [0.2, 0.25) is 0 Å². The van der Waals surface area contributed by atoms with Gasteiger partial charge in [0.05, 0.1) is 4.92 Å². The molecule has 2 atom stereocenters. The van der Waals surface area contributed by atoms with Crippen molar-refractivity contribution in [3.8, 4) is 0 Å². The number of nitrogens with two attached hydrogens (primary N) is 1. The van der Waals surface area contributed by atoms with Crippen molar-refractivity contribution in [3.05, 3.63) is 39.4 Å². The first-order valence-corrected chi connectivity index (χ1v) is 5.85. The van der Waals surface area contributed by atoms with E-state index < -0.39 is 0 Å².